The monoisotopic (exact) mass is 367 g/mol. The molecule has 1 amide bonds. The van der Waals surface area contributed by atoms with Crippen LogP contribution in [0.25, 0.3) is 6.08 Å². The van der Waals surface area contributed by atoms with Crippen molar-refractivity contribution in [3.05, 3.63) is 59.9 Å². The molecule has 0 aliphatic carbocycles. The van der Waals surface area contributed by atoms with Gasteiger partial charge in [-0.2, -0.15) is 0 Å². The first-order valence-corrected chi connectivity index (χ1v) is 9.01. The molecule has 6 heteroatoms. The van der Waals surface area contributed by atoms with Gasteiger partial charge >= 0.3 is 0 Å². The predicted octanol–water partition coefficient (Wildman–Crippen LogP) is 2.46. The fraction of sp³-hybridized carbons (Fsp3) is 0.333. The average Bonchev–Trinajstić information content (AvgIpc) is 2.73. The lowest BCUT2D eigenvalue weighted by atomic mass is 10.1. The maximum Gasteiger partial charge on any atom is 0.246 e. The molecule has 2 heterocycles. The number of rotatable bonds is 6. The number of amides is 1. The van der Waals surface area contributed by atoms with Crippen molar-refractivity contribution in [1.82, 2.24) is 14.8 Å². The van der Waals surface area contributed by atoms with Crippen LogP contribution in [-0.4, -0.2) is 61.1 Å². The molecule has 2 aromatic rings. The lowest BCUT2D eigenvalue weighted by molar-refractivity contribution is -0.127. The van der Waals surface area contributed by atoms with E-state index < -0.39 is 0 Å². The first-order valence-electron chi connectivity index (χ1n) is 9.01. The molecule has 1 aliphatic heterocycles. The molecule has 1 saturated heterocycles. The van der Waals surface area contributed by atoms with Crippen LogP contribution in [0, 0.1) is 0 Å². The summed E-state index contributed by atoms with van der Waals surface area (Å²) in [6, 6.07) is 11.5. The minimum absolute atomic E-state index is 0.0188. The van der Waals surface area contributed by atoms with Crippen LogP contribution < -0.4 is 9.47 Å². The number of hydrogen-bond acceptors (Lipinski definition) is 5. The second-order valence-corrected chi connectivity index (χ2v) is 6.36. The van der Waals surface area contributed by atoms with Gasteiger partial charge in [0.2, 0.25) is 5.91 Å². The summed E-state index contributed by atoms with van der Waals surface area (Å²) in [6.45, 7) is 3.96. The average molecular weight is 367 g/mol. The number of carbonyl (C=O) groups is 1. The summed E-state index contributed by atoms with van der Waals surface area (Å²) in [5.74, 6) is 1.42. The summed E-state index contributed by atoms with van der Waals surface area (Å²) in [5, 5.41) is 0. The fourth-order valence-electron chi connectivity index (χ4n) is 3.07. The van der Waals surface area contributed by atoms with Crippen LogP contribution in [0.3, 0.4) is 0 Å². The zero-order valence-electron chi connectivity index (χ0n) is 15.8. The minimum atomic E-state index is 0.0188. The molecular weight excluding hydrogens is 342 g/mol. The molecule has 27 heavy (non-hydrogen) atoms. The Morgan fingerprint density at radius 3 is 2.59 bits per heavy atom. The molecule has 1 aliphatic rings. The van der Waals surface area contributed by atoms with E-state index >= 15 is 0 Å². The zero-order valence-corrected chi connectivity index (χ0v) is 15.8. The van der Waals surface area contributed by atoms with Gasteiger partial charge in [0.25, 0.3) is 0 Å². The summed E-state index contributed by atoms with van der Waals surface area (Å²) < 4.78 is 10.6. The van der Waals surface area contributed by atoms with Crippen molar-refractivity contribution >= 4 is 12.0 Å². The number of piperazine rings is 1. The molecular formula is C21H25N3O3. The molecule has 0 radical (unpaired) electrons. The van der Waals surface area contributed by atoms with E-state index in [2.05, 4.69) is 9.88 Å². The number of pyridine rings is 1. The lowest BCUT2D eigenvalue weighted by Crippen LogP contribution is -2.47. The third-order valence-electron chi connectivity index (χ3n) is 4.64. The van der Waals surface area contributed by atoms with Gasteiger partial charge in [-0.05, 0) is 30.3 Å². The van der Waals surface area contributed by atoms with E-state index in [9.17, 15) is 4.79 Å². The summed E-state index contributed by atoms with van der Waals surface area (Å²) in [4.78, 5) is 21.1. The van der Waals surface area contributed by atoms with Crippen LogP contribution in [-0.2, 0) is 11.3 Å². The van der Waals surface area contributed by atoms with Gasteiger partial charge in [-0.15, -0.1) is 0 Å². The molecule has 0 saturated carbocycles. The number of ether oxygens (including phenoxy) is 2. The highest BCUT2D eigenvalue weighted by molar-refractivity contribution is 5.92. The van der Waals surface area contributed by atoms with E-state index in [1.54, 1.807) is 32.4 Å². The Bertz CT molecular complexity index is 785. The van der Waals surface area contributed by atoms with Crippen molar-refractivity contribution in [3.63, 3.8) is 0 Å². The number of nitrogens with zero attached hydrogens (tertiary/aromatic N) is 3. The van der Waals surface area contributed by atoms with E-state index in [4.69, 9.17) is 9.47 Å². The molecule has 1 aromatic heterocycles. The standard InChI is InChI=1S/C21H25N3O3/c1-26-19-8-6-17(20(15-19)27-2)7-9-21(25)24-13-11-23(12-14-24)16-18-5-3-4-10-22-18/h3-10,15H,11-14,16H2,1-2H3/b9-7+. The number of methoxy groups -OCH3 is 2. The summed E-state index contributed by atoms with van der Waals surface area (Å²) >= 11 is 0. The van der Waals surface area contributed by atoms with Gasteiger partial charge in [0, 0.05) is 56.6 Å². The highest BCUT2D eigenvalue weighted by atomic mass is 16.5. The van der Waals surface area contributed by atoms with E-state index in [1.165, 1.54) is 0 Å². The van der Waals surface area contributed by atoms with Crippen molar-refractivity contribution < 1.29 is 14.3 Å². The van der Waals surface area contributed by atoms with Gasteiger partial charge in [0.15, 0.2) is 0 Å². The fourth-order valence-corrected chi connectivity index (χ4v) is 3.07. The second kappa shape index (κ2) is 9.19. The maximum atomic E-state index is 12.5. The highest BCUT2D eigenvalue weighted by Gasteiger charge is 2.19. The maximum absolute atomic E-state index is 12.5. The van der Waals surface area contributed by atoms with Gasteiger partial charge in [-0.1, -0.05) is 6.07 Å². The van der Waals surface area contributed by atoms with Crippen LogP contribution in [0.1, 0.15) is 11.3 Å². The normalized spacial score (nSPS) is 15.1. The summed E-state index contributed by atoms with van der Waals surface area (Å²) in [6.07, 6.45) is 5.22. The van der Waals surface area contributed by atoms with Gasteiger partial charge in [-0.3, -0.25) is 14.7 Å². The van der Waals surface area contributed by atoms with Crippen molar-refractivity contribution in [2.45, 2.75) is 6.54 Å². The Morgan fingerprint density at radius 1 is 1.11 bits per heavy atom. The second-order valence-electron chi connectivity index (χ2n) is 6.36. The van der Waals surface area contributed by atoms with E-state index in [0.29, 0.717) is 5.75 Å². The van der Waals surface area contributed by atoms with Crippen LogP contribution in [0.5, 0.6) is 11.5 Å². The molecule has 0 unspecified atom stereocenters. The first-order chi connectivity index (χ1) is 13.2. The van der Waals surface area contributed by atoms with E-state index in [1.807, 2.05) is 41.4 Å². The van der Waals surface area contributed by atoms with Gasteiger partial charge in [0.1, 0.15) is 11.5 Å². The van der Waals surface area contributed by atoms with Gasteiger partial charge in [0.05, 0.1) is 19.9 Å². The number of benzene rings is 1. The van der Waals surface area contributed by atoms with E-state index in [-0.39, 0.29) is 5.91 Å². The third kappa shape index (κ3) is 5.08. The Morgan fingerprint density at radius 2 is 1.93 bits per heavy atom. The Labute approximate surface area is 160 Å². The molecule has 0 atom stereocenters. The highest BCUT2D eigenvalue weighted by Crippen LogP contribution is 2.25. The van der Waals surface area contributed by atoms with Crippen LogP contribution in [0.15, 0.2) is 48.7 Å². The predicted molar refractivity (Wildman–Crippen MR) is 105 cm³/mol. The van der Waals surface area contributed by atoms with Crippen molar-refractivity contribution in [2.24, 2.45) is 0 Å². The molecule has 1 aromatic carbocycles. The molecule has 142 valence electrons. The molecule has 1 fully saturated rings. The lowest BCUT2D eigenvalue weighted by Gasteiger charge is -2.34. The third-order valence-corrected chi connectivity index (χ3v) is 4.64. The molecule has 6 nitrogen and oxygen atoms in total. The van der Waals surface area contributed by atoms with Crippen LogP contribution >= 0.6 is 0 Å². The summed E-state index contributed by atoms with van der Waals surface area (Å²) in [5.41, 5.74) is 1.91. The molecule has 0 spiro atoms. The quantitative estimate of drug-likeness (QED) is 0.734. The minimum Gasteiger partial charge on any atom is -0.497 e. The van der Waals surface area contributed by atoms with Gasteiger partial charge < -0.3 is 14.4 Å². The molecule has 3 rings (SSSR count). The Hall–Kier alpha value is -2.86. The number of carbonyl (C=O) groups excluding carboxylic acids is 1. The first kappa shape index (κ1) is 18.9. The molecule has 0 N–H and O–H groups in total. The zero-order chi connectivity index (χ0) is 19.1. The Kier molecular flexibility index (Phi) is 6.44. The van der Waals surface area contributed by atoms with E-state index in [0.717, 1.165) is 49.7 Å². The van der Waals surface area contributed by atoms with Crippen molar-refractivity contribution in [2.75, 3.05) is 40.4 Å². The van der Waals surface area contributed by atoms with Crippen LogP contribution in [0.4, 0.5) is 0 Å². The van der Waals surface area contributed by atoms with Crippen molar-refractivity contribution in [3.8, 4) is 11.5 Å². The largest absolute Gasteiger partial charge is 0.497 e. The Balaban J connectivity index is 1.54. The topological polar surface area (TPSA) is 54.9 Å². The SMILES string of the molecule is COc1ccc(/C=C/C(=O)N2CCN(Cc3ccccn3)CC2)c(OC)c1. The smallest absolute Gasteiger partial charge is 0.246 e. The van der Waals surface area contributed by atoms with Gasteiger partial charge in [-0.25, -0.2) is 0 Å². The number of aromatic nitrogens is 1. The molecule has 0 bridgehead atoms. The van der Waals surface area contributed by atoms with Crippen molar-refractivity contribution in [1.29, 1.82) is 0 Å². The summed E-state index contributed by atoms with van der Waals surface area (Å²) in [7, 11) is 3.22. The number of hydrogen-bond donors (Lipinski definition) is 0. The van der Waals surface area contributed by atoms with Crippen LogP contribution in [0.2, 0.25) is 0 Å².